The molecule has 6 heteroatoms. The van der Waals surface area contributed by atoms with Crippen molar-refractivity contribution in [2.24, 2.45) is 0 Å². The molecule has 0 spiro atoms. The Morgan fingerprint density at radius 1 is 1.14 bits per heavy atom. The number of aromatic carboxylic acids is 1. The van der Waals surface area contributed by atoms with E-state index in [2.05, 4.69) is 5.32 Å². The minimum Gasteiger partial charge on any atom is -0.477 e. The van der Waals surface area contributed by atoms with Crippen molar-refractivity contribution in [3.05, 3.63) is 63.2 Å². The molecule has 0 aliphatic carbocycles. The van der Waals surface area contributed by atoms with Gasteiger partial charge in [0.1, 0.15) is 11.3 Å². The monoisotopic (exact) mass is 286 g/mol. The van der Waals surface area contributed by atoms with Gasteiger partial charge in [-0.15, -0.1) is 0 Å². The fourth-order valence-corrected chi connectivity index (χ4v) is 2.16. The molecule has 0 fully saturated rings. The lowest BCUT2D eigenvalue weighted by atomic mass is 10.1. The van der Waals surface area contributed by atoms with E-state index < -0.39 is 16.6 Å². The van der Waals surface area contributed by atoms with Gasteiger partial charge in [0, 0.05) is 5.69 Å². The summed E-state index contributed by atoms with van der Waals surface area (Å²) >= 11 is 0. The number of anilines is 2. The smallest absolute Gasteiger partial charge is 0.342 e. The topological polar surface area (TPSA) is 92.5 Å². The molecule has 0 aliphatic heterocycles. The summed E-state index contributed by atoms with van der Waals surface area (Å²) < 4.78 is 0. The van der Waals surface area contributed by atoms with Crippen LogP contribution in [0.4, 0.5) is 17.1 Å². The molecule has 0 unspecified atom stereocenters. The van der Waals surface area contributed by atoms with Crippen LogP contribution in [0.5, 0.6) is 0 Å². The van der Waals surface area contributed by atoms with Crippen molar-refractivity contribution >= 4 is 23.0 Å². The molecular weight excluding hydrogens is 272 g/mol. The number of hydrogen-bond donors (Lipinski definition) is 2. The number of rotatable bonds is 4. The lowest BCUT2D eigenvalue weighted by Crippen LogP contribution is -2.06. The largest absolute Gasteiger partial charge is 0.477 e. The van der Waals surface area contributed by atoms with Crippen molar-refractivity contribution in [2.45, 2.75) is 13.8 Å². The number of aryl methyl sites for hydroxylation is 2. The zero-order valence-electron chi connectivity index (χ0n) is 11.6. The van der Waals surface area contributed by atoms with Gasteiger partial charge in [-0.1, -0.05) is 24.3 Å². The van der Waals surface area contributed by atoms with Crippen molar-refractivity contribution in [1.82, 2.24) is 0 Å². The van der Waals surface area contributed by atoms with E-state index in [0.29, 0.717) is 0 Å². The number of nitro groups is 1. The molecule has 21 heavy (non-hydrogen) atoms. The number of benzene rings is 2. The van der Waals surface area contributed by atoms with Gasteiger partial charge < -0.3 is 10.4 Å². The fourth-order valence-electron chi connectivity index (χ4n) is 2.16. The molecule has 2 aromatic rings. The first kappa shape index (κ1) is 14.5. The molecule has 0 radical (unpaired) electrons. The summed E-state index contributed by atoms with van der Waals surface area (Å²) in [6.45, 7) is 3.75. The molecule has 0 aromatic heterocycles. The second-order valence-corrected chi connectivity index (χ2v) is 4.66. The van der Waals surface area contributed by atoms with Crippen molar-refractivity contribution < 1.29 is 14.8 Å². The van der Waals surface area contributed by atoms with E-state index in [1.165, 1.54) is 18.2 Å². The Kier molecular flexibility index (Phi) is 3.89. The van der Waals surface area contributed by atoms with Gasteiger partial charge in [-0.3, -0.25) is 10.1 Å². The number of carboxylic acids is 1. The highest BCUT2D eigenvalue weighted by Crippen LogP contribution is 2.33. The van der Waals surface area contributed by atoms with Crippen LogP contribution < -0.4 is 5.32 Å². The maximum atomic E-state index is 11.2. The Bertz CT molecular complexity index is 705. The second-order valence-electron chi connectivity index (χ2n) is 4.66. The quantitative estimate of drug-likeness (QED) is 0.661. The number of nitrogens with zero attached hydrogens (tertiary/aromatic N) is 1. The molecule has 0 bridgehead atoms. The standard InChI is InChI=1S/C15H14N2O4/c1-9-5-3-6-10(2)13(9)16-12-8-4-7-11(15(18)19)14(12)17(20)21/h3-8,16H,1-2H3,(H,18,19). The predicted molar refractivity (Wildman–Crippen MR) is 79.3 cm³/mol. The SMILES string of the molecule is Cc1cccc(C)c1Nc1cccc(C(=O)O)c1[N+](=O)[O-]. The lowest BCUT2D eigenvalue weighted by Gasteiger charge is -2.13. The van der Waals surface area contributed by atoms with E-state index >= 15 is 0 Å². The van der Waals surface area contributed by atoms with Crippen LogP contribution in [-0.4, -0.2) is 16.0 Å². The third kappa shape index (κ3) is 2.84. The highest BCUT2D eigenvalue weighted by Gasteiger charge is 2.24. The van der Waals surface area contributed by atoms with Crippen LogP contribution in [0.15, 0.2) is 36.4 Å². The molecule has 2 aromatic carbocycles. The molecular formula is C15H14N2O4. The van der Waals surface area contributed by atoms with E-state index in [-0.39, 0.29) is 11.3 Å². The van der Waals surface area contributed by atoms with Crippen LogP contribution in [0.2, 0.25) is 0 Å². The van der Waals surface area contributed by atoms with Crippen LogP contribution in [0.3, 0.4) is 0 Å². The first-order chi connectivity index (χ1) is 9.91. The second kappa shape index (κ2) is 5.62. The third-order valence-corrected chi connectivity index (χ3v) is 3.19. The molecule has 2 rings (SSSR count). The van der Waals surface area contributed by atoms with E-state index in [1.54, 1.807) is 0 Å². The summed E-state index contributed by atoms with van der Waals surface area (Å²) in [6.07, 6.45) is 0. The van der Waals surface area contributed by atoms with Crippen LogP contribution in [0.25, 0.3) is 0 Å². The van der Waals surface area contributed by atoms with Crippen molar-refractivity contribution in [2.75, 3.05) is 5.32 Å². The van der Waals surface area contributed by atoms with E-state index in [0.717, 1.165) is 16.8 Å². The minimum atomic E-state index is -1.33. The number of nitro benzene ring substituents is 1. The molecule has 0 aliphatic rings. The summed E-state index contributed by atoms with van der Waals surface area (Å²) in [4.78, 5) is 21.7. The van der Waals surface area contributed by atoms with Gasteiger partial charge in [0.05, 0.1) is 4.92 Å². The fraction of sp³-hybridized carbons (Fsp3) is 0.133. The zero-order chi connectivity index (χ0) is 15.6. The highest BCUT2D eigenvalue weighted by molar-refractivity contribution is 5.96. The van der Waals surface area contributed by atoms with Gasteiger partial charge in [0.2, 0.25) is 0 Å². The van der Waals surface area contributed by atoms with E-state index in [9.17, 15) is 14.9 Å². The highest BCUT2D eigenvalue weighted by atomic mass is 16.6. The maximum absolute atomic E-state index is 11.2. The molecule has 6 nitrogen and oxygen atoms in total. The van der Waals surface area contributed by atoms with E-state index in [4.69, 9.17) is 5.11 Å². The van der Waals surface area contributed by atoms with Crippen molar-refractivity contribution in [1.29, 1.82) is 0 Å². The summed E-state index contributed by atoms with van der Waals surface area (Å²) in [5.74, 6) is -1.33. The molecule has 2 N–H and O–H groups in total. The van der Waals surface area contributed by atoms with Crippen molar-refractivity contribution in [3.63, 3.8) is 0 Å². The van der Waals surface area contributed by atoms with Gasteiger partial charge >= 0.3 is 11.7 Å². The zero-order valence-corrected chi connectivity index (χ0v) is 11.6. The molecule has 0 amide bonds. The minimum absolute atomic E-state index is 0.164. The molecule has 0 atom stereocenters. The molecule has 0 saturated carbocycles. The van der Waals surface area contributed by atoms with Crippen LogP contribution in [0, 0.1) is 24.0 Å². The average Bonchev–Trinajstić information content (AvgIpc) is 2.42. The molecule has 108 valence electrons. The number of hydrogen-bond acceptors (Lipinski definition) is 4. The Morgan fingerprint density at radius 3 is 2.24 bits per heavy atom. The Morgan fingerprint density at radius 2 is 1.71 bits per heavy atom. The molecule has 0 heterocycles. The number of nitrogens with one attached hydrogen (secondary N) is 1. The van der Waals surface area contributed by atoms with Gasteiger partial charge in [-0.05, 0) is 37.1 Å². The van der Waals surface area contributed by atoms with Crippen molar-refractivity contribution in [3.8, 4) is 0 Å². The third-order valence-electron chi connectivity index (χ3n) is 3.19. The summed E-state index contributed by atoms with van der Waals surface area (Å²) in [7, 11) is 0. The van der Waals surface area contributed by atoms with Gasteiger partial charge in [0.25, 0.3) is 0 Å². The summed E-state index contributed by atoms with van der Waals surface area (Å²) in [5.41, 5.74) is 1.97. The lowest BCUT2D eigenvalue weighted by molar-refractivity contribution is -0.384. The molecule has 0 saturated heterocycles. The van der Waals surface area contributed by atoms with Gasteiger partial charge in [-0.25, -0.2) is 4.79 Å². The Labute approximate surface area is 121 Å². The van der Waals surface area contributed by atoms with Gasteiger partial charge in [-0.2, -0.15) is 0 Å². The van der Waals surface area contributed by atoms with Gasteiger partial charge in [0.15, 0.2) is 0 Å². The van der Waals surface area contributed by atoms with Crippen LogP contribution >= 0.6 is 0 Å². The first-order valence-electron chi connectivity index (χ1n) is 6.25. The maximum Gasteiger partial charge on any atom is 0.342 e. The number of carboxylic acid groups (broad SMARTS) is 1. The van der Waals surface area contributed by atoms with E-state index in [1.807, 2.05) is 32.0 Å². The number of para-hydroxylation sites is 2. The Balaban J connectivity index is 2.57. The first-order valence-corrected chi connectivity index (χ1v) is 6.25. The van der Waals surface area contributed by atoms with Crippen LogP contribution in [-0.2, 0) is 0 Å². The van der Waals surface area contributed by atoms with Crippen LogP contribution in [0.1, 0.15) is 21.5 Å². The predicted octanol–water partition coefficient (Wildman–Crippen LogP) is 3.65. The summed E-state index contributed by atoms with van der Waals surface area (Å²) in [5, 5.41) is 23.3. The number of carbonyl (C=O) groups is 1. The Hall–Kier alpha value is -2.89. The average molecular weight is 286 g/mol. The summed E-state index contributed by atoms with van der Waals surface area (Å²) in [6, 6.07) is 9.83. The normalized spacial score (nSPS) is 10.2.